The second-order valence-corrected chi connectivity index (χ2v) is 4.91. The monoisotopic (exact) mass is 300 g/mol. The second-order valence-electron chi connectivity index (χ2n) is 4.09. The molecule has 0 aliphatic carbocycles. The van der Waals surface area contributed by atoms with E-state index in [0.29, 0.717) is 20.8 Å². The Labute approximate surface area is 118 Å². The van der Waals surface area contributed by atoms with Crippen molar-refractivity contribution >= 4 is 35.1 Å². The molecule has 2 rings (SSSR count). The van der Waals surface area contributed by atoms with Crippen LogP contribution in [0.4, 0.5) is 0 Å². The van der Waals surface area contributed by atoms with Crippen LogP contribution in [0, 0.1) is 5.92 Å². The van der Waals surface area contributed by atoms with E-state index in [4.69, 9.17) is 23.2 Å². The van der Waals surface area contributed by atoms with E-state index in [0.717, 1.165) is 0 Å². The lowest BCUT2D eigenvalue weighted by Gasteiger charge is -2.17. The number of hydrogen-bond acceptors (Lipinski definition) is 4. The maximum Gasteiger partial charge on any atom is 0.311 e. The van der Waals surface area contributed by atoms with Gasteiger partial charge in [0.05, 0.1) is 33.8 Å². The lowest BCUT2D eigenvalue weighted by atomic mass is 10.0. The fourth-order valence-electron chi connectivity index (χ4n) is 1.75. The van der Waals surface area contributed by atoms with Crippen LogP contribution in [0.15, 0.2) is 22.1 Å². The van der Waals surface area contributed by atoms with Gasteiger partial charge < -0.3 is 4.74 Å². The third-order valence-corrected chi connectivity index (χ3v) is 3.55. The van der Waals surface area contributed by atoms with E-state index in [9.17, 15) is 9.59 Å². The highest BCUT2D eigenvalue weighted by Gasteiger charge is 2.31. The van der Waals surface area contributed by atoms with Crippen molar-refractivity contribution in [2.75, 3.05) is 7.11 Å². The van der Waals surface area contributed by atoms with Gasteiger partial charge in [-0.2, -0.15) is 0 Å². The van der Waals surface area contributed by atoms with Crippen LogP contribution in [0.1, 0.15) is 6.92 Å². The Balaban J connectivity index is 2.52. The first-order valence-electron chi connectivity index (χ1n) is 5.47. The predicted octanol–water partition coefficient (Wildman–Crippen LogP) is 0.950. The number of ether oxygens (including phenoxy) is 1. The first kappa shape index (κ1) is 14.0. The summed E-state index contributed by atoms with van der Waals surface area (Å²) in [5.74, 6) is -1.71. The smallest absolute Gasteiger partial charge is 0.311 e. The van der Waals surface area contributed by atoms with Gasteiger partial charge in [-0.25, -0.2) is 4.99 Å². The molecule has 0 saturated heterocycles. The van der Waals surface area contributed by atoms with Crippen LogP contribution in [0.3, 0.4) is 0 Å². The molecule has 0 N–H and O–H groups in total. The summed E-state index contributed by atoms with van der Waals surface area (Å²) < 4.78 is 4.60. The molecule has 1 aliphatic heterocycles. The normalized spacial score (nSPS) is 18.9. The summed E-state index contributed by atoms with van der Waals surface area (Å²) in [7, 11) is 1.26. The highest BCUT2D eigenvalue weighted by molar-refractivity contribution is 6.41. The predicted molar refractivity (Wildman–Crippen MR) is 68.7 cm³/mol. The number of benzene rings is 1. The lowest BCUT2D eigenvalue weighted by molar-refractivity contribution is -0.147. The Morgan fingerprint density at radius 3 is 2.47 bits per heavy atom. The SMILES string of the molecule is COC(=O)C(C)C1N=c2cc(Cl)c(Cl)cc2=NC1=O. The molecule has 1 aromatic rings. The molecule has 5 nitrogen and oxygen atoms in total. The summed E-state index contributed by atoms with van der Waals surface area (Å²) in [5.41, 5.74) is 0. The van der Waals surface area contributed by atoms with Crippen molar-refractivity contribution in [3.63, 3.8) is 0 Å². The van der Waals surface area contributed by atoms with Gasteiger partial charge in [0, 0.05) is 0 Å². The van der Waals surface area contributed by atoms with Crippen LogP contribution < -0.4 is 10.7 Å². The highest BCUT2D eigenvalue weighted by atomic mass is 35.5. The number of methoxy groups -OCH3 is 1. The number of hydrogen-bond donors (Lipinski definition) is 0. The number of amides is 1. The van der Waals surface area contributed by atoms with Gasteiger partial charge in [0.15, 0.2) is 0 Å². The van der Waals surface area contributed by atoms with E-state index in [1.54, 1.807) is 6.92 Å². The summed E-state index contributed by atoms with van der Waals surface area (Å²) in [6.07, 6.45) is 0. The van der Waals surface area contributed by atoms with Gasteiger partial charge in [-0.3, -0.25) is 14.6 Å². The van der Waals surface area contributed by atoms with Crippen molar-refractivity contribution < 1.29 is 14.3 Å². The summed E-state index contributed by atoms with van der Waals surface area (Å²) in [5, 5.41) is 1.41. The molecule has 1 amide bonds. The second kappa shape index (κ2) is 5.27. The molecule has 1 aliphatic rings. The average Bonchev–Trinajstić information content (AvgIpc) is 2.38. The molecule has 0 fully saturated rings. The number of carbonyl (C=O) groups is 2. The fourth-order valence-corrected chi connectivity index (χ4v) is 2.06. The zero-order valence-electron chi connectivity index (χ0n) is 10.2. The quantitative estimate of drug-likeness (QED) is 0.764. The Morgan fingerprint density at radius 1 is 1.32 bits per heavy atom. The largest absolute Gasteiger partial charge is 0.469 e. The number of carbonyl (C=O) groups excluding carboxylic acids is 2. The van der Waals surface area contributed by atoms with E-state index in [1.807, 2.05) is 0 Å². The Hall–Kier alpha value is -1.46. The van der Waals surface area contributed by atoms with Crippen LogP contribution >= 0.6 is 23.2 Å². The molecule has 1 heterocycles. The van der Waals surface area contributed by atoms with Crippen LogP contribution in [-0.4, -0.2) is 25.0 Å². The number of fused-ring (bicyclic) bond motifs is 1. The zero-order chi connectivity index (χ0) is 14.2. The molecule has 0 radical (unpaired) electrons. The Kier molecular flexibility index (Phi) is 3.87. The third kappa shape index (κ3) is 2.62. The van der Waals surface area contributed by atoms with E-state index in [-0.39, 0.29) is 0 Å². The van der Waals surface area contributed by atoms with E-state index >= 15 is 0 Å². The number of halogens is 2. The molecule has 0 bridgehead atoms. The fraction of sp³-hybridized carbons (Fsp3) is 0.333. The van der Waals surface area contributed by atoms with Crippen LogP contribution in [-0.2, 0) is 14.3 Å². The third-order valence-electron chi connectivity index (χ3n) is 2.83. The topological polar surface area (TPSA) is 68.1 Å². The average molecular weight is 301 g/mol. The molecule has 1 aromatic carbocycles. The molecule has 19 heavy (non-hydrogen) atoms. The van der Waals surface area contributed by atoms with E-state index in [2.05, 4.69) is 14.7 Å². The molecule has 0 aromatic heterocycles. The minimum atomic E-state index is -0.891. The van der Waals surface area contributed by atoms with Crippen LogP contribution in [0.5, 0.6) is 0 Å². The summed E-state index contributed by atoms with van der Waals surface area (Å²) in [6, 6.07) is 2.10. The molecule has 100 valence electrons. The van der Waals surface area contributed by atoms with Crippen molar-refractivity contribution in [2.45, 2.75) is 13.0 Å². The van der Waals surface area contributed by atoms with Gasteiger partial charge >= 0.3 is 5.97 Å². The van der Waals surface area contributed by atoms with Crippen molar-refractivity contribution in [1.82, 2.24) is 0 Å². The highest BCUT2D eigenvalue weighted by Crippen LogP contribution is 2.18. The van der Waals surface area contributed by atoms with Gasteiger partial charge in [-0.05, 0) is 19.1 Å². The Morgan fingerprint density at radius 2 is 1.89 bits per heavy atom. The van der Waals surface area contributed by atoms with Crippen molar-refractivity contribution in [2.24, 2.45) is 15.9 Å². The zero-order valence-corrected chi connectivity index (χ0v) is 11.7. The lowest BCUT2D eigenvalue weighted by Crippen LogP contribution is -2.41. The molecule has 7 heteroatoms. The van der Waals surface area contributed by atoms with Crippen LogP contribution in [0.25, 0.3) is 0 Å². The number of rotatable bonds is 2. The minimum Gasteiger partial charge on any atom is -0.469 e. The van der Waals surface area contributed by atoms with Crippen molar-refractivity contribution in [1.29, 1.82) is 0 Å². The summed E-state index contributed by atoms with van der Waals surface area (Å²) in [4.78, 5) is 31.4. The molecule has 2 unspecified atom stereocenters. The Bertz CT molecular complexity index is 672. The number of esters is 1. The van der Waals surface area contributed by atoms with Gasteiger partial charge in [-0.15, -0.1) is 0 Å². The van der Waals surface area contributed by atoms with Gasteiger partial charge in [0.2, 0.25) is 0 Å². The summed E-state index contributed by atoms with van der Waals surface area (Å²) >= 11 is 11.7. The first-order valence-corrected chi connectivity index (χ1v) is 6.23. The van der Waals surface area contributed by atoms with Gasteiger partial charge in [0.25, 0.3) is 5.91 Å². The molecular weight excluding hydrogens is 291 g/mol. The molecular formula is C12H10Cl2N2O3. The van der Waals surface area contributed by atoms with Crippen LogP contribution in [0.2, 0.25) is 10.0 Å². The van der Waals surface area contributed by atoms with Crippen molar-refractivity contribution in [3.05, 3.63) is 32.9 Å². The molecule has 0 saturated carbocycles. The van der Waals surface area contributed by atoms with Gasteiger partial charge in [-0.1, -0.05) is 23.2 Å². The minimum absolute atomic E-state index is 0.298. The number of nitrogens with zero attached hydrogens (tertiary/aromatic N) is 2. The van der Waals surface area contributed by atoms with Gasteiger partial charge in [0.1, 0.15) is 6.04 Å². The maximum absolute atomic E-state index is 11.9. The molecule has 0 spiro atoms. The standard InChI is InChI=1S/C12H10Cl2N2O3/c1-5(12(18)19-2)10-11(17)16-9-4-7(14)6(13)3-8(9)15-10/h3-5,10H,1-2H3. The first-order chi connectivity index (χ1) is 8.93. The van der Waals surface area contributed by atoms with Crippen molar-refractivity contribution in [3.8, 4) is 0 Å². The summed E-state index contributed by atoms with van der Waals surface area (Å²) in [6.45, 7) is 1.57. The maximum atomic E-state index is 11.9. The van der Waals surface area contributed by atoms with E-state index in [1.165, 1.54) is 19.2 Å². The van der Waals surface area contributed by atoms with E-state index < -0.39 is 23.8 Å². The molecule has 2 atom stereocenters.